The Bertz CT molecular complexity index is 336. The predicted octanol–water partition coefficient (Wildman–Crippen LogP) is 3.48. The van der Waals surface area contributed by atoms with E-state index in [2.05, 4.69) is 0 Å². The van der Waals surface area contributed by atoms with Crippen LogP contribution in [0, 0.1) is 18.7 Å². The number of aliphatic hydroxyl groups excluding tert-OH is 1. The first-order valence-electron chi connectivity index (χ1n) is 4.57. The highest BCUT2D eigenvalue weighted by molar-refractivity contribution is 6.31. The molecule has 1 atom stereocenters. The van der Waals surface area contributed by atoms with Crippen LogP contribution in [0.15, 0.2) is 12.1 Å². The highest BCUT2D eigenvalue weighted by Gasteiger charge is 2.18. The van der Waals surface area contributed by atoms with Crippen molar-refractivity contribution in [2.45, 2.75) is 26.9 Å². The molecule has 1 N–H and O–H groups in total. The molecule has 78 valence electrons. The molecule has 1 rings (SSSR count). The Hall–Kier alpha value is -0.600. The summed E-state index contributed by atoms with van der Waals surface area (Å²) >= 11 is 5.75. The summed E-state index contributed by atoms with van der Waals surface area (Å²) in [7, 11) is 0. The monoisotopic (exact) mass is 216 g/mol. The zero-order chi connectivity index (χ0) is 10.9. The molecular weight excluding hydrogens is 203 g/mol. The number of benzene rings is 1. The van der Waals surface area contributed by atoms with Crippen LogP contribution in [0.1, 0.15) is 31.1 Å². The van der Waals surface area contributed by atoms with Crippen LogP contribution in [0.3, 0.4) is 0 Å². The average Bonchev–Trinajstić information content (AvgIpc) is 2.13. The molecule has 1 aromatic carbocycles. The normalized spacial score (nSPS) is 13.4. The maximum atomic E-state index is 13.6. The lowest BCUT2D eigenvalue weighted by atomic mass is 9.97. The molecule has 14 heavy (non-hydrogen) atoms. The van der Waals surface area contributed by atoms with Gasteiger partial charge in [0.2, 0.25) is 0 Å². The second-order valence-corrected chi connectivity index (χ2v) is 4.17. The van der Waals surface area contributed by atoms with Crippen LogP contribution < -0.4 is 0 Å². The van der Waals surface area contributed by atoms with E-state index in [-0.39, 0.29) is 5.92 Å². The third-order valence-corrected chi connectivity index (χ3v) is 2.71. The fourth-order valence-corrected chi connectivity index (χ4v) is 1.42. The summed E-state index contributed by atoms with van der Waals surface area (Å²) in [5, 5.41) is 10.1. The average molecular weight is 217 g/mol. The zero-order valence-electron chi connectivity index (χ0n) is 8.51. The number of hydrogen-bond donors (Lipinski definition) is 1. The van der Waals surface area contributed by atoms with Gasteiger partial charge in [0.15, 0.2) is 0 Å². The quantitative estimate of drug-likeness (QED) is 0.803. The van der Waals surface area contributed by atoms with E-state index in [4.69, 9.17) is 11.6 Å². The molecule has 1 nitrogen and oxygen atoms in total. The van der Waals surface area contributed by atoms with Gasteiger partial charge in [-0.25, -0.2) is 4.39 Å². The smallest absolute Gasteiger partial charge is 0.133 e. The third kappa shape index (κ3) is 2.07. The minimum Gasteiger partial charge on any atom is -0.388 e. The first kappa shape index (κ1) is 11.5. The van der Waals surface area contributed by atoms with Crippen LogP contribution in [-0.2, 0) is 0 Å². The first-order chi connectivity index (χ1) is 6.45. The van der Waals surface area contributed by atoms with E-state index in [0.717, 1.165) is 0 Å². The third-order valence-electron chi connectivity index (χ3n) is 2.30. The fraction of sp³-hybridized carbons (Fsp3) is 0.455. The Morgan fingerprint density at radius 3 is 2.43 bits per heavy atom. The molecule has 0 bridgehead atoms. The van der Waals surface area contributed by atoms with Gasteiger partial charge in [0.1, 0.15) is 5.82 Å². The number of hydrogen-bond acceptors (Lipinski definition) is 1. The van der Waals surface area contributed by atoms with Crippen LogP contribution >= 0.6 is 11.6 Å². The van der Waals surface area contributed by atoms with Crippen molar-refractivity contribution in [2.24, 2.45) is 5.92 Å². The molecular formula is C11H14ClFO. The molecule has 0 fully saturated rings. The summed E-state index contributed by atoms with van der Waals surface area (Å²) in [6.45, 7) is 5.29. The molecule has 0 aliphatic carbocycles. The second kappa shape index (κ2) is 4.28. The predicted molar refractivity (Wildman–Crippen MR) is 55.9 cm³/mol. The highest BCUT2D eigenvalue weighted by atomic mass is 35.5. The van der Waals surface area contributed by atoms with Crippen molar-refractivity contribution in [3.8, 4) is 0 Å². The largest absolute Gasteiger partial charge is 0.388 e. The molecule has 0 radical (unpaired) electrons. The van der Waals surface area contributed by atoms with Crippen LogP contribution in [0.4, 0.5) is 4.39 Å². The maximum absolute atomic E-state index is 13.6. The minimum atomic E-state index is -0.772. The van der Waals surface area contributed by atoms with Gasteiger partial charge in [-0.15, -0.1) is 0 Å². The number of rotatable bonds is 2. The summed E-state index contributed by atoms with van der Waals surface area (Å²) in [5.41, 5.74) is 0.714. The maximum Gasteiger partial charge on any atom is 0.133 e. The molecule has 0 amide bonds. The summed E-state index contributed by atoms with van der Waals surface area (Å²) in [4.78, 5) is 0. The Kier molecular flexibility index (Phi) is 3.51. The van der Waals surface area contributed by atoms with Gasteiger partial charge in [-0.05, 0) is 18.9 Å². The van der Waals surface area contributed by atoms with Crippen molar-refractivity contribution >= 4 is 11.6 Å². The molecule has 1 unspecified atom stereocenters. The van der Waals surface area contributed by atoms with Gasteiger partial charge in [-0.3, -0.25) is 0 Å². The molecule has 3 heteroatoms. The van der Waals surface area contributed by atoms with Gasteiger partial charge >= 0.3 is 0 Å². The summed E-state index contributed by atoms with van der Waals surface area (Å²) in [5.74, 6) is -0.413. The first-order valence-corrected chi connectivity index (χ1v) is 4.95. The van der Waals surface area contributed by atoms with Crippen molar-refractivity contribution in [3.05, 3.63) is 34.1 Å². The molecule has 0 spiro atoms. The molecule has 0 aliphatic heterocycles. The van der Waals surface area contributed by atoms with Crippen LogP contribution in [0.25, 0.3) is 0 Å². The van der Waals surface area contributed by atoms with E-state index in [9.17, 15) is 9.50 Å². The van der Waals surface area contributed by atoms with Gasteiger partial charge in [-0.1, -0.05) is 31.5 Å². The highest BCUT2D eigenvalue weighted by Crippen LogP contribution is 2.28. The topological polar surface area (TPSA) is 20.2 Å². The van der Waals surface area contributed by atoms with Crippen molar-refractivity contribution < 1.29 is 9.50 Å². The van der Waals surface area contributed by atoms with Crippen LogP contribution in [0.2, 0.25) is 5.02 Å². The number of aliphatic hydroxyl groups is 1. The van der Waals surface area contributed by atoms with E-state index in [0.29, 0.717) is 16.1 Å². The van der Waals surface area contributed by atoms with Gasteiger partial charge in [-0.2, -0.15) is 0 Å². The number of halogens is 2. The van der Waals surface area contributed by atoms with Gasteiger partial charge in [0.25, 0.3) is 0 Å². The van der Waals surface area contributed by atoms with Crippen LogP contribution in [0.5, 0.6) is 0 Å². The second-order valence-electron chi connectivity index (χ2n) is 3.76. The fourth-order valence-electron chi connectivity index (χ4n) is 1.27. The van der Waals surface area contributed by atoms with Crippen molar-refractivity contribution in [2.75, 3.05) is 0 Å². The summed E-state index contributed by atoms with van der Waals surface area (Å²) in [6.07, 6.45) is -0.772. The Labute approximate surface area is 88.5 Å². The lowest BCUT2D eigenvalue weighted by Crippen LogP contribution is -2.08. The Morgan fingerprint density at radius 1 is 1.36 bits per heavy atom. The Balaban J connectivity index is 3.17. The SMILES string of the molecule is Cc1c(Cl)ccc(C(O)C(C)C)c1F. The standard InChI is InChI=1S/C11H14ClFO/c1-6(2)11(14)8-4-5-9(12)7(3)10(8)13/h4-6,11,14H,1-3H3. The minimum absolute atomic E-state index is 0.00919. The van der Waals surface area contributed by atoms with Gasteiger partial charge in [0, 0.05) is 16.1 Å². The zero-order valence-corrected chi connectivity index (χ0v) is 9.27. The van der Waals surface area contributed by atoms with E-state index in [1.807, 2.05) is 13.8 Å². The van der Waals surface area contributed by atoms with E-state index < -0.39 is 11.9 Å². The lowest BCUT2D eigenvalue weighted by molar-refractivity contribution is 0.122. The van der Waals surface area contributed by atoms with Crippen molar-refractivity contribution in [3.63, 3.8) is 0 Å². The van der Waals surface area contributed by atoms with Gasteiger partial charge in [0.05, 0.1) is 6.10 Å². The van der Waals surface area contributed by atoms with Gasteiger partial charge < -0.3 is 5.11 Å². The molecule has 0 saturated carbocycles. The summed E-state index contributed by atoms with van der Waals surface area (Å²) < 4.78 is 13.6. The Morgan fingerprint density at radius 2 is 1.93 bits per heavy atom. The molecule has 0 saturated heterocycles. The van der Waals surface area contributed by atoms with E-state index in [1.165, 1.54) is 6.07 Å². The van der Waals surface area contributed by atoms with E-state index in [1.54, 1.807) is 13.0 Å². The van der Waals surface area contributed by atoms with E-state index >= 15 is 0 Å². The summed E-state index contributed by atoms with van der Waals surface area (Å²) in [6, 6.07) is 3.15. The van der Waals surface area contributed by atoms with Crippen molar-refractivity contribution in [1.82, 2.24) is 0 Å². The van der Waals surface area contributed by atoms with Crippen LogP contribution in [-0.4, -0.2) is 5.11 Å². The molecule has 0 heterocycles. The lowest BCUT2D eigenvalue weighted by Gasteiger charge is -2.16. The van der Waals surface area contributed by atoms with Crippen molar-refractivity contribution in [1.29, 1.82) is 0 Å². The molecule has 0 aromatic heterocycles. The molecule has 1 aromatic rings. The molecule has 0 aliphatic rings.